The third-order valence-corrected chi connectivity index (χ3v) is 3.37. The first-order chi connectivity index (χ1) is 10.8. The average molecular weight is 318 g/mol. The van der Waals surface area contributed by atoms with E-state index in [0.717, 1.165) is 0 Å². The smallest absolute Gasteiger partial charge is 0.231 e. The molecule has 1 N–H and O–H groups in total. The molecule has 0 bridgehead atoms. The van der Waals surface area contributed by atoms with Crippen LogP contribution in [-0.4, -0.2) is 50.0 Å². The number of aromatic nitrogens is 5. The fourth-order valence-electron chi connectivity index (χ4n) is 1.33. The van der Waals surface area contributed by atoms with Gasteiger partial charge in [-0.15, -0.1) is 5.10 Å². The Bertz CT molecular complexity index is 664. The summed E-state index contributed by atoms with van der Waals surface area (Å²) in [4.78, 5) is 15.5. The maximum absolute atomic E-state index is 11.6. The molecule has 0 aliphatic heterocycles. The largest absolute Gasteiger partial charge is 0.479 e. The lowest BCUT2D eigenvalue weighted by Gasteiger charge is -2.00. The van der Waals surface area contributed by atoms with E-state index in [1.165, 1.54) is 16.4 Å². The number of nitrogens with zero attached hydrogens (tertiary/aromatic N) is 5. The summed E-state index contributed by atoms with van der Waals surface area (Å²) in [7, 11) is 1.72. The van der Waals surface area contributed by atoms with Gasteiger partial charge in [-0.25, -0.2) is 4.68 Å². The first-order valence-electron chi connectivity index (χ1n) is 6.36. The fraction of sp³-hybridized carbons (Fsp3) is 0.308. The predicted molar refractivity (Wildman–Crippen MR) is 80.0 cm³/mol. The Labute approximate surface area is 131 Å². The molecule has 9 heteroatoms. The number of ether oxygens (including phenoxy) is 1. The second-order valence-electron chi connectivity index (χ2n) is 3.98. The monoisotopic (exact) mass is 318 g/mol. The van der Waals surface area contributed by atoms with Gasteiger partial charge in [-0.2, -0.15) is 0 Å². The van der Waals surface area contributed by atoms with Crippen molar-refractivity contribution in [3.63, 3.8) is 0 Å². The standard InChI is InChI=1S/C13H14N6O2S/c1-19-13(16-17-18-19)22-10-12(20)15-7-2-3-8-21-11-5-4-6-14-9-11/h4-6,9H,7-8,10H2,1H3,(H,15,20). The van der Waals surface area contributed by atoms with Gasteiger partial charge in [-0.1, -0.05) is 23.6 Å². The number of hydrogen-bond acceptors (Lipinski definition) is 7. The number of carbonyl (C=O) groups is 1. The molecule has 2 heterocycles. The lowest BCUT2D eigenvalue weighted by atomic mass is 10.5. The first kappa shape index (κ1) is 15.8. The van der Waals surface area contributed by atoms with Crippen molar-refractivity contribution < 1.29 is 9.53 Å². The van der Waals surface area contributed by atoms with E-state index in [0.29, 0.717) is 10.9 Å². The Balaban J connectivity index is 1.59. The maximum Gasteiger partial charge on any atom is 0.231 e. The molecule has 22 heavy (non-hydrogen) atoms. The lowest BCUT2D eigenvalue weighted by molar-refractivity contribution is -0.118. The Hall–Kier alpha value is -2.60. The predicted octanol–water partition coefficient (Wildman–Crippen LogP) is -0.104. The zero-order chi connectivity index (χ0) is 15.6. The lowest BCUT2D eigenvalue weighted by Crippen LogP contribution is -2.25. The molecule has 0 saturated heterocycles. The van der Waals surface area contributed by atoms with Gasteiger partial charge in [0.15, 0.2) is 0 Å². The van der Waals surface area contributed by atoms with Crippen LogP contribution >= 0.6 is 11.8 Å². The topological polar surface area (TPSA) is 94.8 Å². The summed E-state index contributed by atoms with van der Waals surface area (Å²) in [5.41, 5.74) is 0. The van der Waals surface area contributed by atoms with Crippen LogP contribution in [0.2, 0.25) is 0 Å². The number of rotatable bonds is 6. The van der Waals surface area contributed by atoms with Crippen LogP contribution in [0.4, 0.5) is 0 Å². The molecule has 0 aliphatic rings. The molecule has 0 aromatic carbocycles. The van der Waals surface area contributed by atoms with Crippen LogP contribution in [0.25, 0.3) is 0 Å². The Morgan fingerprint density at radius 1 is 1.50 bits per heavy atom. The summed E-state index contributed by atoms with van der Waals surface area (Å²) < 4.78 is 6.85. The van der Waals surface area contributed by atoms with Crippen LogP contribution in [-0.2, 0) is 11.8 Å². The van der Waals surface area contributed by atoms with Crippen molar-refractivity contribution in [3.8, 4) is 17.6 Å². The number of aryl methyl sites for hydroxylation is 1. The number of pyridine rings is 1. The van der Waals surface area contributed by atoms with Crippen molar-refractivity contribution in [2.45, 2.75) is 5.16 Å². The van der Waals surface area contributed by atoms with E-state index >= 15 is 0 Å². The second-order valence-corrected chi connectivity index (χ2v) is 4.92. The van der Waals surface area contributed by atoms with Crippen LogP contribution in [0.3, 0.4) is 0 Å². The molecule has 2 aromatic heterocycles. The van der Waals surface area contributed by atoms with Crippen molar-refractivity contribution in [1.82, 2.24) is 30.5 Å². The van der Waals surface area contributed by atoms with Crippen molar-refractivity contribution in [2.75, 3.05) is 18.9 Å². The molecule has 0 fully saturated rings. The molecule has 0 aliphatic carbocycles. The highest BCUT2D eigenvalue weighted by Crippen LogP contribution is 2.10. The highest BCUT2D eigenvalue weighted by atomic mass is 32.2. The van der Waals surface area contributed by atoms with Crippen LogP contribution in [0.15, 0.2) is 29.7 Å². The molecule has 8 nitrogen and oxygen atoms in total. The minimum atomic E-state index is -0.129. The number of hydrogen-bond donors (Lipinski definition) is 1. The molecule has 1 amide bonds. The van der Waals surface area contributed by atoms with Crippen LogP contribution in [0.5, 0.6) is 5.75 Å². The Morgan fingerprint density at radius 3 is 3.14 bits per heavy atom. The van der Waals surface area contributed by atoms with Gasteiger partial charge in [0.05, 0.1) is 18.5 Å². The van der Waals surface area contributed by atoms with Crippen LogP contribution < -0.4 is 10.1 Å². The molecule has 0 unspecified atom stereocenters. The number of carbonyl (C=O) groups excluding carboxylic acids is 1. The molecule has 0 atom stereocenters. The van der Waals surface area contributed by atoms with Gasteiger partial charge in [0.2, 0.25) is 11.1 Å². The van der Waals surface area contributed by atoms with Gasteiger partial charge in [-0.3, -0.25) is 9.78 Å². The van der Waals surface area contributed by atoms with Gasteiger partial charge in [-0.05, 0) is 22.6 Å². The van der Waals surface area contributed by atoms with Gasteiger partial charge >= 0.3 is 0 Å². The maximum atomic E-state index is 11.6. The van der Waals surface area contributed by atoms with E-state index < -0.39 is 0 Å². The van der Waals surface area contributed by atoms with E-state index in [-0.39, 0.29) is 24.8 Å². The number of nitrogens with one attached hydrogen (secondary N) is 1. The van der Waals surface area contributed by atoms with E-state index in [1.807, 2.05) is 0 Å². The second kappa shape index (κ2) is 8.63. The first-order valence-corrected chi connectivity index (χ1v) is 7.34. The molecule has 114 valence electrons. The zero-order valence-electron chi connectivity index (χ0n) is 11.9. The van der Waals surface area contributed by atoms with E-state index in [2.05, 4.69) is 37.7 Å². The summed E-state index contributed by atoms with van der Waals surface area (Å²) in [5.74, 6) is 6.39. The normalized spacial score (nSPS) is 9.68. The SMILES string of the molecule is Cn1nnnc1SCC(=O)NCC#CCOc1cccnc1. The van der Waals surface area contributed by atoms with Gasteiger partial charge < -0.3 is 10.1 Å². The summed E-state index contributed by atoms with van der Waals surface area (Å²) in [6.45, 7) is 0.522. The van der Waals surface area contributed by atoms with Gasteiger partial charge in [0.25, 0.3) is 0 Å². The Morgan fingerprint density at radius 2 is 2.41 bits per heavy atom. The molecule has 2 rings (SSSR count). The average Bonchev–Trinajstić information content (AvgIpc) is 2.95. The van der Waals surface area contributed by atoms with Crippen molar-refractivity contribution in [1.29, 1.82) is 0 Å². The van der Waals surface area contributed by atoms with E-state index in [9.17, 15) is 4.79 Å². The van der Waals surface area contributed by atoms with Gasteiger partial charge in [0.1, 0.15) is 12.4 Å². The molecule has 0 radical (unpaired) electrons. The highest BCUT2D eigenvalue weighted by molar-refractivity contribution is 7.99. The van der Waals surface area contributed by atoms with E-state index in [1.54, 1.807) is 31.6 Å². The third-order valence-electron chi connectivity index (χ3n) is 2.36. The summed E-state index contributed by atoms with van der Waals surface area (Å²) in [6, 6.07) is 3.59. The van der Waals surface area contributed by atoms with Crippen molar-refractivity contribution >= 4 is 17.7 Å². The zero-order valence-corrected chi connectivity index (χ0v) is 12.7. The van der Waals surface area contributed by atoms with Gasteiger partial charge in [0, 0.05) is 13.2 Å². The number of thioether (sulfide) groups is 1. The summed E-state index contributed by atoms with van der Waals surface area (Å²) in [6.07, 6.45) is 3.28. The quantitative estimate of drug-likeness (QED) is 0.587. The number of tetrazole rings is 1. The summed E-state index contributed by atoms with van der Waals surface area (Å²) >= 11 is 1.26. The molecule has 0 spiro atoms. The highest BCUT2D eigenvalue weighted by Gasteiger charge is 2.06. The van der Waals surface area contributed by atoms with Crippen LogP contribution in [0.1, 0.15) is 0 Å². The molecule has 2 aromatic rings. The molecular formula is C13H14N6O2S. The number of amides is 1. The minimum Gasteiger partial charge on any atom is -0.479 e. The summed E-state index contributed by atoms with van der Waals surface area (Å²) in [5, 5.41) is 14.2. The molecule has 0 saturated carbocycles. The Kier molecular flexibility index (Phi) is 6.19. The molecular weight excluding hydrogens is 304 g/mol. The third kappa shape index (κ3) is 5.41. The van der Waals surface area contributed by atoms with Crippen molar-refractivity contribution in [3.05, 3.63) is 24.5 Å². The van der Waals surface area contributed by atoms with Crippen molar-refractivity contribution in [2.24, 2.45) is 7.05 Å². The fourth-order valence-corrected chi connectivity index (χ4v) is 2.01. The van der Waals surface area contributed by atoms with E-state index in [4.69, 9.17) is 4.74 Å². The van der Waals surface area contributed by atoms with Crippen LogP contribution in [0, 0.1) is 11.8 Å². The minimum absolute atomic E-state index is 0.129.